The predicted molar refractivity (Wildman–Crippen MR) is 59.1 cm³/mol. The largest absolute Gasteiger partial charge is 0.481 e. The molecule has 1 saturated heterocycles. The second kappa shape index (κ2) is 4.47. The van der Waals surface area contributed by atoms with Gasteiger partial charge in [0.2, 0.25) is 0 Å². The monoisotopic (exact) mass is 253 g/mol. The molecule has 0 aliphatic carbocycles. The molecule has 8 heteroatoms. The van der Waals surface area contributed by atoms with Crippen LogP contribution in [0.2, 0.25) is 0 Å². The quantitative estimate of drug-likeness (QED) is 0.599. The van der Waals surface area contributed by atoms with Gasteiger partial charge in [-0.05, 0) is 6.42 Å². The number of hydrogen-bond acceptors (Lipinski definition) is 4. The lowest BCUT2D eigenvalue weighted by Gasteiger charge is -2.14. The van der Waals surface area contributed by atoms with Crippen molar-refractivity contribution in [2.24, 2.45) is 5.92 Å². The van der Waals surface area contributed by atoms with E-state index in [4.69, 9.17) is 5.11 Å². The summed E-state index contributed by atoms with van der Waals surface area (Å²) in [6.07, 6.45) is 1.54. The van der Waals surface area contributed by atoms with Crippen molar-refractivity contribution in [3.8, 4) is 0 Å². The summed E-state index contributed by atoms with van der Waals surface area (Å²) >= 11 is 0. The van der Waals surface area contributed by atoms with Crippen molar-refractivity contribution in [1.82, 2.24) is 9.88 Å². The molecule has 1 unspecified atom stereocenters. The number of aromatic nitrogens is 1. The Kier molecular flexibility index (Phi) is 3.00. The van der Waals surface area contributed by atoms with E-state index >= 15 is 0 Å². The van der Waals surface area contributed by atoms with Gasteiger partial charge in [-0.2, -0.15) is 0 Å². The van der Waals surface area contributed by atoms with Gasteiger partial charge in [0, 0.05) is 19.2 Å². The van der Waals surface area contributed by atoms with Gasteiger partial charge in [0.05, 0.1) is 17.0 Å². The van der Waals surface area contributed by atoms with Gasteiger partial charge in [0.25, 0.3) is 11.6 Å². The Morgan fingerprint density at radius 2 is 2.28 bits per heavy atom. The number of amides is 1. The second-order valence-corrected chi connectivity index (χ2v) is 4.10. The Bertz CT molecular complexity index is 509. The summed E-state index contributed by atoms with van der Waals surface area (Å²) < 4.78 is 0. The fraction of sp³-hybridized carbons (Fsp3) is 0.400. The van der Waals surface area contributed by atoms with Gasteiger partial charge in [0.1, 0.15) is 5.69 Å². The summed E-state index contributed by atoms with van der Waals surface area (Å²) in [7, 11) is 0. The number of carbonyl (C=O) groups excluding carboxylic acids is 1. The zero-order chi connectivity index (χ0) is 13.3. The molecular formula is C10H11N3O5. The number of carbonyl (C=O) groups is 2. The van der Waals surface area contributed by atoms with E-state index in [1.165, 1.54) is 4.90 Å². The summed E-state index contributed by atoms with van der Waals surface area (Å²) in [5, 5.41) is 19.3. The number of aliphatic carboxylic acids is 1. The van der Waals surface area contributed by atoms with E-state index in [2.05, 4.69) is 4.98 Å². The van der Waals surface area contributed by atoms with E-state index in [9.17, 15) is 19.7 Å². The number of H-pyrrole nitrogens is 1. The van der Waals surface area contributed by atoms with E-state index < -0.39 is 22.7 Å². The normalized spacial score (nSPS) is 18.9. The average molecular weight is 253 g/mol. The van der Waals surface area contributed by atoms with Crippen molar-refractivity contribution in [3.05, 3.63) is 28.1 Å². The van der Waals surface area contributed by atoms with Gasteiger partial charge in [-0.25, -0.2) is 0 Å². The summed E-state index contributed by atoms with van der Waals surface area (Å²) in [5.41, 5.74) is -0.0833. The SMILES string of the molecule is O=C(O)C1CCN(C(=O)c2cc([N+](=O)[O-])c[nH]2)C1. The molecule has 1 aliphatic heterocycles. The van der Waals surface area contributed by atoms with Crippen molar-refractivity contribution in [2.75, 3.05) is 13.1 Å². The number of likely N-dealkylation sites (tertiary alicyclic amines) is 1. The highest BCUT2D eigenvalue weighted by Gasteiger charge is 2.32. The van der Waals surface area contributed by atoms with Crippen LogP contribution < -0.4 is 0 Å². The number of rotatable bonds is 3. The molecule has 1 fully saturated rings. The zero-order valence-corrected chi connectivity index (χ0v) is 9.33. The molecule has 2 heterocycles. The van der Waals surface area contributed by atoms with Crippen LogP contribution in [0.1, 0.15) is 16.9 Å². The van der Waals surface area contributed by atoms with Crippen LogP contribution in [-0.2, 0) is 4.79 Å². The molecule has 0 radical (unpaired) electrons. The Labute approximate surface area is 101 Å². The molecule has 2 N–H and O–H groups in total. The van der Waals surface area contributed by atoms with E-state index in [1.807, 2.05) is 0 Å². The van der Waals surface area contributed by atoms with Crippen molar-refractivity contribution >= 4 is 17.6 Å². The van der Waals surface area contributed by atoms with Gasteiger partial charge in [-0.3, -0.25) is 19.7 Å². The lowest BCUT2D eigenvalue weighted by molar-refractivity contribution is -0.384. The van der Waals surface area contributed by atoms with Gasteiger partial charge in [-0.15, -0.1) is 0 Å². The highest BCUT2D eigenvalue weighted by Crippen LogP contribution is 2.20. The highest BCUT2D eigenvalue weighted by atomic mass is 16.6. The lowest BCUT2D eigenvalue weighted by atomic mass is 10.1. The molecule has 96 valence electrons. The van der Waals surface area contributed by atoms with Crippen molar-refractivity contribution < 1.29 is 19.6 Å². The molecule has 1 aliphatic rings. The van der Waals surface area contributed by atoms with Crippen LogP contribution in [0.15, 0.2) is 12.3 Å². The maximum absolute atomic E-state index is 11.9. The molecule has 0 saturated carbocycles. The van der Waals surface area contributed by atoms with E-state index in [0.29, 0.717) is 13.0 Å². The fourth-order valence-electron chi connectivity index (χ4n) is 1.93. The Morgan fingerprint density at radius 1 is 1.56 bits per heavy atom. The summed E-state index contributed by atoms with van der Waals surface area (Å²) in [5.74, 6) is -1.89. The molecule has 1 aromatic rings. The molecule has 1 atom stereocenters. The summed E-state index contributed by atoms with van der Waals surface area (Å²) in [6, 6.07) is 1.15. The van der Waals surface area contributed by atoms with Crippen molar-refractivity contribution in [1.29, 1.82) is 0 Å². The number of hydrogen-bond donors (Lipinski definition) is 2. The maximum Gasteiger partial charge on any atom is 0.308 e. The number of nitrogens with zero attached hydrogens (tertiary/aromatic N) is 2. The number of carboxylic acids is 1. The fourth-order valence-corrected chi connectivity index (χ4v) is 1.93. The van der Waals surface area contributed by atoms with Gasteiger partial charge < -0.3 is 15.0 Å². The van der Waals surface area contributed by atoms with Crippen LogP contribution in [0, 0.1) is 16.0 Å². The number of aromatic amines is 1. The number of carboxylic acid groups (broad SMARTS) is 1. The first-order valence-electron chi connectivity index (χ1n) is 5.34. The Balaban J connectivity index is 2.08. The standard InChI is InChI=1S/C10H11N3O5/c14-9(8-3-7(4-11-8)13(17)18)12-2-1-6(5-12)10(15)16/h3-4,6,11H,1-2,5H2,(H,15,16). The van der Waals surface area contributed by atoms with E-state index in [0.717, 1.165) is 12.3 Å². The molecule has 0 spiro atoms. The van der Waals surface area contributed by atoms with Crippen LogP contribution >= 0.6 is 0 Å². The first-order valence-corrected chi connectivity index (χ1v) is 5.34. The smallest absolute Gasteiger partial charge is 0.308 e. The summed E-state index contributed by atoms with van der Waals surface area (Å²) in [6.45, 7) is 0.490. The van der Waals surface area contributed by atoms with Crippen molar-refractivity contribution in [2.45, 2.75) is 6.42 Å². The zero-order valence-electron chi connectivity index (χ0n) is 9.33. The van der Waals surface area contributed by atoms with Gasteiger partial charge >= 0.3 is 5.97 Å². The van der Waals surface area contributed by atoms with Crippen LogP contribution in [-0.4, -0.2) is 44.9 Å². The maximum atomic E-state index is 11.9. The molecule has 0 bridgehead atoms. The molecule has 1 amide bonds. The van der Waals surface area contributed by atoms with Gasteiger partial charge in [0.15, 0.2) is 0 Å². The van der Waals surface area contributed by atoms with Crippen LogP contribution in [0.3, 0.4) is 0 Å². The number of nitro groups is 1. The second-order valence-electron chi connectivity index (χ2n) is 4.10. The highest BCUT2D eigenvalue weighted by molar-refractivity contribution is 5.93. The predicted octanol–water partition coefficient (Wildman–Crippen LogP) is 0.470. The molecule has 18 heavy (non-hydrogen) atoms. The minimum atomic E-state index is -0.928. The topological polar surface area (TPSA) is 117 Å². The van der Waals surface area contributed by atoms with Crippen molar-refractivity contribution in [3.63, 3.8) is 0 Å². The molecule has 2 rings (SSSR count). The minimum Gasteiger partial charge on any atom is -0.481 e. The Hall–Kier alpha value is -2.38. The molecular weight excluding hydrogens is 242 g/mol. The summed E-state index contributed by atoms with van der Waals surface area (Å²) in [4.78, 5) is 36.5. The molecule has 1 aromatic heterocycles. The molecule has 8 nitrogen and oxygen atoms in total. The third-order valence-corrected chi connectivity index (χ3v) is 2.93. The average Bonchev–Trinajstić information content (AvgIpc) is 2.97. The Morgan fingerprint density at radius 3 is 2.78 bits per heavy atom. The van der Waals surface area contributed by atoms with Crippen LogP contribution in [0.25, 0.3) is 0 Å². The number of nitrogens with one attached hydrogen (secondary N) is 1. The van der Waals surface area contributed by atoms with Crippen LogP contribution in [0.4, 0.5) is 5.69 Å². The third-order valence-electron chi connectivity index (χ3n) is 2.93. The van der Waals surface area contributed by atoms with Gasteiger partial charge in [-0.1, -0.05) is 0 Å². The third kappa shape index (κ3) is 2.17. The minimum absolute atomic E-state index is 0.104. The lowest BCUT2D eigenvalue weighted by Crippen LogP contribution is -2.30. The van der Waals surface area contributed by atoms with Crippen LogP contribution in [0.5, 0.6) is 0 Å². The molecule has 0 aromatic carbocycles. The van der Waals surface area contributed by atoms with E-state index in [1.54, 1.807) is 0 Å². The first-order chi connectivity index (χ1) is 8.49. The first kappa shape index (κ1) is 12.1. The van der Waals surface area contributed by atoms with E-state index in [-0.39, 0.29) is 17.9 Å².